The number of aryl methyl sites for hydroxylation is 1. The minimum absolute atomic E-state index is 0.0381. The number of hydrogen-bond donors (Lipinski definition) is 1. The summed E-state index contributed by atoms with van der Waals surface area (Å²) in [4.78, 5) is 25.3. The van der Waals surface area contributed by atoms with Gasteiger partial charge in [-0.3, -0.25) is 9.78 Å². The Bertz CT molecular complexity index is 1320. The van der Waals surface area contributed by atoms with Gasteiger partial charge < -0.3 is 10.1 Å². The molecule has 1 N–H and O–H groups in total. The topological polar surface area (TPSA) is 77.0 Å². The smallest absolute Gasteiger partial charge is 0.222 e. The van der Waals surface area contributed by atoms with E-state index in [1.807, 2.05) is 45.0 Å². The Balaban J connectivity index is 1.66. The number of carbonyl (C=O) groups is 1. The Kier molecular flexibility index (Phi) is 7.12. The molecule has 0 aliphatic carbocycles. The minimum Gasteiger partial charge on any atom is -0.487 e. The van der Waals surface area contributed by atoms with Crippen LogP contribution in [0.3, 0.4) is 0 Å². The first-order valence-electron chi connectivity index (χ1n) is 10.4. The number of nitrogens with one attached hydrogen (secondary N) is 1. The van der Waals surface area contributed by atoms with Crippen LogP contribution in [0.5, 0.6) is 5.75 Å². The van der Waals surface area contributed by atoms with Crippen LogP contribution in [0.4, 0.5) is 0 Å². The standard InChI is InChI=1S/C24H22Cl2N4O2S/c1-13(2)24(31)28-9-15-8-27-10-19(25)18(15)11-32-20-6-4-5-16-17(7-14(3)30-21(16)20)22-23(26)33-12-29-22/h4-8,10,12-13H,9,11H2,1-3H3,(H,28,31). The minimum atomic E-state index is -0.109. The van der Waals surface area contributed by atoms with Gasteiger partial charge in [-0.15, -0.1) is 11.3 Å². The number of aromatic nitrogens is 3. The van der Waals surface area contributed by atoms with Crippen LogP contribution in [0.2, 0.25) is 9.36 Å². The molecule has 0 radical (unpaired) electrons. The highest BCUT2D eigenvalue weighted by Crippen LogP contribution is 2.37. The molecule has 9 heteroatoms. The zero-order valence-electron chi connectivity index (χ0n) is 18.4. The number of halogens is 2. The summed E-state index contributed by atoms with van der Waals surface area (Å²) < 4.78 is 6.83. The number of nitrogens with zero attached hydrogens (tertiary/aromatic N) is 3. The van der Waals surface area contributed by atoms with E-state index in [0.717, 1.165) is 39.0 Å². The number of rotatable bonds is 7. The lowest BCUT2D eigenvalue weighted by atomic mass is 10.0. The number of fused-ring (bicyclic) bond motifs is 1. The molecule has 4 aromatic rings. The van der Waals surface area contributed by atoms with Gasteiger partial charge in [-0.05, 0) is 24.6 Å². The number of amides is 1. The van der Waals surface area contributed by atoms with E-state index in [1.54, 1.807) is 17.9 Å². The Hall–Kier alpha value is -2.74. The molecule has 1 aromatic carbocycles. The molecule has 0 atom stereocenters. The highest BCUT2D eigenvalue weighted by Gasteiger charge is 2.16. The van der Waals surface area contributed by atoms with Gasteiger partial charge >= 0.3 is 0 Å². The molecule has 6 nitrogen and oxygen atoms in total. The zero-order valence-corrected chi connectivity index (χ0v) is 20.7. The summed E-state index contributed by atoms with van der Waals surface area (Å²) in [6.07, 6.45) is 3.26. The molecule has 0 aliphatic heterocycles. The van der Waals surface area contributed by atoms with Crippen molar-refractivity contribution in [2.75, 3.05) is 0 Å². The van der Waals surface area contributed by atoms with Crippen LogP contribution in [0.15, 0.2) is 42.2 Å². The van der Waals surface area contributed by atoms with Crippen LogP contribution < -0.4 is 10.1 Å². The molecule has 33 heavy (non-hydrogen) atoms. The lowest BCUT2D eigenvalue weighted by Gasteiger charge is -2.15. The Morgan fingerprint density at radius 2 is 2.06 bits per heavy atom. The second-order valence-corrected chi connectivity index (χ2v) is 9.72. The number of benzene rings is 1. The monoisotopic (exact) mass is 500 g/mol. The summed E-state index contributed by atoms with van der Waals surface area (Å²) in [5.41, 5.74) is 6.49. The molecule has 1 amide bonds. The third-order valence-electron chi connectivity index (χ3n) is 5.15. The molecule has 0 saturated heterocycles. The quantitative estimate of drug-likeness (QED) is 0.325. The van der Waals surface area contributed by atoms with Crippen molar-refractivity contribution in [3.8, 4) is 17.0 Å². The highest BCUT2D eigenvalue weighted by molar-refractivity contribution is 7.14. The van der Waals surface area contributed by atoms with Crippen molar-refractivity contribution in [3.63, 3.8) is 0 Å². The number of hydrogen-bond acceptors (Lipinski definition) is 6. The second-order valence-electron chi connectivity index (χ2n) is 7.86. The van der Waals surface area contributed by atoms with Gasteiger partial charge in [0.25, 0.3) is 0 Å². The zero-order chi connectivity index (χ0) is 23.5. The summed E-state index contributed by atoms with van der Waals surface area (Å²) >= 11 is 14.2. The normalized spacial score (nSPS) is 11.2. The van der Waals surface area contributed by atoms with Crippen molar-refractivity contribution >= 4 is 51.3 Å². The Labute approximate surface area is 206 Å². The van der Waals surface area contributed by atoms with Gasteiger partial charge in [-0.25, -0.2) is 9.97 Å². The molecule has 170 valence electrons. The molecular weight excluding hydrogens is 479 g/mol. The summed E-state index contributed by atoms with van der Waals surface area (Å²) in [5, 5.41) is 4.28. The van der Waals surface area contributed by atoms with E-state index in [2.05, 4.69) is 15.3 Å². The maximum absolute atomic E-state index is 12.0. The van der Waals surface area contributed by atoms with Crippen LogP contribution in [-0.2, 0) is 17.9 Å². The van der Waals surface area contributed by atoms with Crippen molar-refractivity contribution in [1.82, 2.24) is 20.3 Å². The fourth-order valence-corrected chi connectivity index (χ4v) is 4.45. The first-order chi connectivity index (χ1) is 15.8. The van der Waals surface area contributed by atoms with E-state index in [0.29, 0.717) is 21.7 Å². The number of pyridine rings is 2. The Morgan fingerprint density at radius 3 is 2.79 bits per heavy atom. The molecule has 3 aromatic heterocycles. The number of ether oxygens (including phenoxy) is 1. The van der Waals surface area contributed by atoms with Gasteiger partial charge in [0.15, 0.2) is 0 Å². The molecule has 4 rings (SSSR count). The molecule has 0 saturated carbocycles. The van der Waals surface area contributed by atoms with E-state index in [1.165, 1.54) is 11.3 Å². The van der Waals surface area contributed by atoms with Crippen molar-refractivity contribution < 1.29 is 9.53 Å². The average molecular weight is 501 g/mol. The summed E-state index contributed by atoms with van der Waals surface area (Å²) in [6, 6.07) is 7.74. The predicted molar refractivity (Wildman–Crippen MR) is 133 cm³/mol. The number of para-hydroxylation sites is 1. The predicted octanol–water partition coefficient (Wildman–Crippen LogP) is 6.22. The maximum Gasteiger partial charge on any atom is 0.222 e. The van der Waals surface area contributed by atoms with E-state index < -0.39 is 0 Å². The molecule has 0 aliphatic rings. The van der Waals surface area contributed by atoms with Gasteiger partial charge in [0, 0.05) is 47.1 Å². The number of thiazole rings is 1. The fourth-order valence-electron chi connectivity index (χ4n) is 3.42. The molecule has 0 unspecified atom stereocenters. The van der Waals surface area contributed by atoms with Crippen LogP contribution in [0.25, 0.3) is 22.2 Å². The van der Waals surface area contributed by atoms with Crippen LogP contribution in [0.1, 0.15) is 30.7 Å². The van der Waals surface area contributed by atoms with E-state index in [-0.39, 0.29) is 18.4 Å². The van der Waals surface area contributed by atoms with E-state index >= 15 is 0 Å². The fraction of sp³-hybridized carbons (Fsp3) is 0.250. The van der Waals surface area contributed by atoms with Gasteiger partial charge in [-0.1, -0.05) is 49.2 Å². The Morgan fingerprint density at radius 1 is 1.24 bits per heavy atom. The van der Waals surface area contributed by atoms with Crippen molar-refractivity contribution in [3.05, 3.63) is 68.3 Å². The summed E-state index contributed by atoms with van der Waals surface area (Å²) in [7, 11) is 0. The van der Waals surface area contributed by atoms with Crippen LogP contribution in [-0.4, -0.2) is 20.9 Å². The van der Waals surface area contributed by atoms with Gasteiger partial charge in [0.05, 0.1) is 10.5 Å². The van der Waals surface area contributed by atoms with E-state index in [9.17, 15) is 4.79 Å². The van der Waals surface area contributed by atoms with Crippen molar-refractivity contribution in [2.45, 2.75) is 33.9 Å². The summed E-state index contributed by atoms with van der Waals surface area (Å²) in [5.74, 6) is 0.472. The van der Waals surface area contributed by atoms with Crippen LogP contribution in [0, 0.1) is 12.8 Å². The third-order valence-corrected chi connectivity index (χ3v) is 6.54. The van der Waals surface area contributed by atoms with Gasteiger partial charge in [0.2, 0.25) is 5.91 Å². The highest BCUT2D eigenvalue weighted by atomic mass is 35.5. The molecule has 0 bridgehead atoms. The van der Waals surface area contributed by atoms with Gasteiger partial charge in [-0.2, -0.15) is 0 Å². The average Bonchev–Trinajstić information content (AvgIpc) is 3.21. The molecular formula is C24H22Cl2N4O2S. The summed E-state index contributed by atoms with van der Waals surface area (Å²) in [6.45, 7) is 6.14. The molecule has 3 heterocycles. The first-order valence-corrected chi connectivity index (χ1v) is 12.0. The molecule has 0 fully saturated rings. The maximum atomic E-state index is 12.0. The van der Waals surface area contributed by atoms with Crippen molar-refractivity contribution in [2.24, 2.45) is 5.92 Å². The number of carbonyl (C=O) groups excluding carboxylic acids is 1. The third kappa shape index (κ3) is 5.11. The lowest BCUT2D eigenvalue weighted by molar-refractivity contribution is -0.124. The second kappa shape index (κ2) is 10.0. The van der Waals surface area contributed by atoms with E-state index in [4.69, 9.17) is 32.9 Å². The van der Waals surface area contributed by atoms with Crippen LogP contribution >= 0.6 is 34.5 Å². The SMILES string of the molecule is Cc1cc(-c2ncsc2Cl)c2cccc(OCc3c(Cl)cncc3CNC(=O)C(C)C)c2n1. The lowest BCUT2D eigenvalue weighted by Crippen LogP contribution is -2.27. The van der Waals surface area contributed by atoms with Crippen molar-refractivity contribution in [1.29, 1.82) is 0 Å². The largest absolute Gasteiger partial charge is 0.487 e. The van der Waals surface area contributed by atoms with Gasteiger partial charge in [0.1, 0.15) is 27.9 Å². The first kappa shape index (κ1) is 23.4. The molecule has 0 spiro atoms.